The number of halogens is 4. The summed E-state index contributed by atoms with van der Waals surface area (Å²) in [7, 11) is 0. The highest BCUT2D eigenvalue weighted by Crippen LogP contribution is 2.39. The summed E-state index contributed by atoms with van der Waals surface area (Å²) < 4.78 is 15.1. The Labute approximate surface area is 829 Å². The van der Waals surface area contributed by atoms with E-state index in [9.17, 15) is 4.39 Å². The molecule has 0 amide bonds. The van der Waals surface area contributed by atoms with Crippen LogP contribution in [0.15, 0.2) is 419 Å². The molecule has 0 radical (unpaired) electrons. The molecule has 0 fully saturated rings. The number of benzene rings is 11. The number of aromatic nitrogens is 18. The Kier molecular flexibility index (Phi) is 29.7. The second kappa shape index (κ2) is 44.8. The molecule has 0 spiro atoms. The Bertz CT molecular complexity index is 7840. The molecule has 0 saturated carbocycles. The summed E-state index contributed by atoms with van der Waals surface area (Å²) >= 11 is 16.2. The molecule has 0 saturated heterocycles. The van der Waals surface area contributed by atoms with Crippen LogP contribution < -0.4 is 31.9 Å². The average molecular weight is 1950 g/mol. The quantitative estimate of drug-likeness (QED) is 0.0493. The predicted octanol–water partition coefficient (Wildman–Crippen LogP) is 28.8. The smallest absolute Gasteiger partial charge is 0.165 e. The number of rotatable bonds is 17. The van der Waals surface area contributed by atoms with Crippen LogP contribution in [-0.4, -0.2) is 89.7 Å². The van der Waals surface area contributed by atoms with Gasteiger partial charge in [-0.2, -0.15) is 0 Å². The molecular formula is C113H86BrCl2FN24. The van der Waals surface area contributed by atoms with Gasteiger partial charge in [0, 0.05) is 167 Å². The number of nitrogens with one attached hydrogen (secondary N) is 6. The monoisotopic (exact) mass is 1950 g/mol. The van der Waals surface area contributed by atoms with Gasteiger partial charge in [0.25, 0.3) is 0 Å². The molecule has 0 aliphatic carbocycles. The highest BCUT2D eigenvalue weighted by atomic mass is 79.9. The van der Waals surface area contributed by atoms with Crippen LogP contribution in [0.2, 0.25) is 10.0 Å². The lowest BCUT2D eigenvalue weighted by atomic mass is 9.95. The fraction of sp³-hybridized carbons (Fsp3) is 0.0442. The first-order chi connectivity index (χ1) is 69.1. The van der Waals surface area contributed by atoms with Crippen LogP contribution in [0.3, 0.4) is 0 Å². The van der Waals surface area contributed by atoms with Gasteiger partial charge in [-0.3, -0.25) is 29.9 Å². The van der Waals surface area contributed by atoms with Crippen LogP contribution in [-0.2, 0) is 5.41 Å². The number of hydrogen-bond donors (Lipinski definition) is 6. The zero-order valence-electron chi connectivity index (χ0n) is 76.3. The number of fused-ring (bicyclic) bond motifs is 6. The maximum atomic E-state index is 14.1. The van der Waals surface area contributed by atoms with Crippen LogP contribution in [0.1, 0.15) is 32.2 Å². The van der Waals surface area contributed by atoms with Crippen LogP contribution in [0.25, 0.3) is 122 Å². The van der Waals surface area contributed by atoms with Crippen molar-refractivity contribution in [3.05, 3.63) is 446 Å². The van der Waals surface area contributed by atoms with Gasteiger partial charge in [0.1, 0.15) is 46.5 Å². The molecule has 12 heterocycles. The fourth-order valence-corrected chi connectivity index (χ4v) is 15.8. The van der Waals surface area contributed by atoms with Crippen molar-refractivity contribution in [3.8, 4) is 56.9 Å². The Balaban J connectivity index is 0.000000112. The summed E-state index contributed by atoms with van der Waals surface area (Å²) in [6.45, 7) is 8.43. The molecule has 0 aliphatic heterocycles. The molecule has 6 N–H and O–H groups in total. The van der Waals surface area contributed by atoms with Gasteiger partial charge in [0.15, 0.2) is 29.1 Å². The fourth-order valence-electron chi connectivity index (χ4n) is 14.8. The van der Waals surface area contributed by atoms with Crippen molar-refractivity contribution in [2.75, 3.05) is 31.9 Å². The van der Waals surface area contributed by atoms with Gasteiger partial charge in [-0.15, -0.1) is 0 Å². The highest BCUT2D eigenvalue weighted by Gasteiger charge is 2.23. The first kappa shape index (κ1) is 93.5. The van der Waals surface area contributed by atoms with E-state index in [-0.39, 0.29) is 11.2 Å². The maximum absolute atomic E-state index is 14.1. The average Bonchev–Trinajstić information content (AvgIpc) is 0.827. The van der Waals surface area contributed by atoms with Gasteiger partial charge in [-0.25, -0.2) is 64.2 Å². The van der Waals surface area contributed by atoms with Gasteiger partial charge in [0.2, 0.25) is 0 Å². The van der Waals surface area contributed by atoms with Crippen molar-refractivity contribution in [1.82, 2.24) is 89.7 Å². The third kappa shape index (κ3) is 23.6. The molecule has 0 atom stereocenters. The van der Waals surface area contributed by atoms with E-state index in [1.54, 1.807) is 111 Å². The second-order valence-corrected chi connectivity index (χ2v) is 34.3. The molecule has 0 aliphatic rings. The summed E-state index contributed by atoms with van der Waals surface area (Å²) in [6.07, 6.45) is 20.9. The van der Waals surface area contributed by atoms with E-state index in [2.05, 4.69) is 147 Å². The molecule has 24 nitrogen and oxygen atoms in total. The second-order valence-electron chi connectivity index (χ2n) is 32.6. The van der Waals surface area contributed by atoms with Crippen molar-refractivity contribution in [1.29, 1.82) is 0 Å². The van der Waals surface area contributed by atoms with E-state index in [4.69, 9.17) is 53.1 Å². The van der Waals surface area contributed by atoms with Gasteiger partial charge >= 0.3 is 0 Å². The molecule has 28 heteroatoms. The Morgan fingerprint density at radius 3 is 0.851 bits per heavy atom. The van der Waals surface area contributed by atoms with Crippen molar-refractivity contribution in [2.24, 2.45) is 0 Å². The lowest BCUT2D eigenvalue weighted by molar-refractivity contribution is 0.549. The summed E-state index contributed by atoms with van der Waals surface area (Å²) in [5, 5.41) is 26.8. The van der Waals surface area contributed by atoms with E-state index >= 15 is 0 Å². The number of nitrogens with zero attached hydrogens (tertiary/aromatic N) is 18. The molecule has 23 rings (SSSR count). The number of para-hydroxylation sites is 6. The molecule has 0 bridgehead atoms. The maximum Gasteiger partial charge on any atom is 0.165 e. The van der Waals surface area contributed by atoms with Crippen molar-refractivity contribution in [2.45, 2.75) is 33.1 Å². The number of anilines is 12. The number of hydrogen-bond acceptors (Lipinski definition) is 24. The SMILES string of the molecule is Brc1ccccc1-c1nc(Nc2ccncc2)c2ccccc2n1.CC(C)(C)c1nc(Nc2ccncc2)c2ccccc2n1.Cc1ccccc1-c1nc(Nc2ccncc2)c2ccccc2n1.Clc1cccc(Cl)c1-c1nc(Nc2ccncc2)c2ccccc2n1.Fc1ccccc1-c1nc(Nc2ccncc2)c2ccccc2n1.c1ccc(-c2nc(Nc3ccncc3)c3ccccc3n2)cc1. The molecule has 141 heavy (non-hydrogen) atoms. The zero-order valence-corrected chi connectivity index (χ0v) is 79.4. The standard InChI is InChI=1S/C20H16N4.C19H13BrN4.C19H12Cl2N4.C19H13FN4.C19H14N4.C17H18N4/c1-14-6-2-3-7-16(14)19-23-18-9-5-4-8-17(18)20(24-19)22-15-10-12-21-13-11-15;20-16-7-3-1-5-14(16)18-23-17-8-4-2-6-15(17)19(24-18)22-13-9-11-21-12-10-13;20-14-5-3-6-15(21)17(14)19-24-16-7-2-1-4-13(16)18(25-19)23-12-8-10-22-11-9-12;20-16-7-3-1-5-14(16)18-23-17-8-4-2-6-15(17)19(24-18)22-13-9-11-21-12-10-13;1-2-6-14(7-3-1)18-22-17-9-5-4-8-16(17)19(23-18)21-15-10-12-20-13-11-15;1-17(2,3)16-20-14-7-5-4-6-13(14)15(21-16)19-12-8-10-18-11-9-12/h2-13H,1H3,(H,21,22,23,24);1-12H,(H,21,22,23,24);1-11H,(H,22,23,24,25);1-12H,(H,21,22,23,24);1-13H,(H,20,21,22,23);4-11H,1-3H3,(H,18,19,20,21). The third-order valence-corrected chi connectivity index (χ3v) is 23.1. The Morgan fingerprint density at radius 1 is 0.241 bits per heavy atom. The molecule has 11 aromatic carbocycles. The van der Waals surface area contributed by atoms with Crippen molar-refractivity contribution in [3.63, 3.8) is 0 Å². The summed E-state index contributed by atoms with van der Waals surface area (Å²) in [4.78, 5) is 80.4. The van der Waals surface area contributed by atoms with E-state index in [0.29, 0.717) is 56.1 Å². The normalized spacial score (nSPS) is 10.8. The largest absolute Gasteiger partial charge is 0.340 e. The zero-order chi connectivity index (χ0) is 96.6. The van der Waals surface area contributed by atoms with Gasteiger partial charge < -0.3 is 31.9 Å². The van der Waals surface area contributed by atoms with Crippen molar-refractivity contribution >= 4 is 174 Å². The van der Waals surface area contributed by atoms with E-state index < -0.39 is 0 Å². The van der Waals surface area contributed by atoms with E-state index in [0.717, 1.165) is 161 Å². The summed E-state index contributed by atoms with van der Waals surface area (Å²) in [5.74, 6) is 7.93. The van der Waals surface area contributed by atoms with Gasteiger partial charge in [-0.1, -0.05) is 224 Å². The van der Waals surface area contributed by atoms with Crippen LogP contribution in [0, 0.1) is 12.7 Å². The summed E-state index contributed by atoms with van der Waals surface area (Å²) in [5.41, 5.74) is 15.8. The molecular weight excluding hydrogens is 1860 g/mol. The molecule has 12 aromatic heterocycles. The minimum atomic E-state index is -0.345. The van der Waals surface area contributed by atoms with E-state index in [1.165, 1.54) is 6.07 Å². The van der Waals surface area contributed by atoms with Gasteiger partial charge in [-0.05, 0) is 188 Å². The minimum Gasteiger partial charge on any atom is -0.340 e. The number of aryl methyl sites for hydroxylation is 1. The first-order valence-electron chi connectivity index (χ1n) is 44.8. The van der Waals surface area contributed by atoms with Crippen LogP contribution in [0.4, 0.5) is 73.4 Å². The first-order valence-corrected chi connectivity index (χ1v) is 46.3. The topological polar surface area (TPSA) is 304 Å². The van der Waals surface area contributed by atoms with E-state index in [1.807, 2.05) is 285 Å². The predicted molar refractivity (Wildman–Crippen MR) is 571 cm³/mol. The molecule has 23 aromatic rings. The minimum absolute atomic E-state index is 0.0985. The van der Waals surface area contributed by atoms with Gasteiger partial charge in [0.05, 0.1) is 54.3 Å². The molecule has 0 unspecified atom stereocenters. The highest BCUT2D eigenvalue weighted by molar-refractivity contribution is 9.10. The third-order valence-electron chi connectivity index (χ3n) is 21.8. The van der Waals surface area contributed by atoms with Crippen LogP contribution >= 0.6 is 39.1 Å². The lowest BCUT2D eigenvalue weighted by Gasteiger charge is -2.19. The van der Waals surface area contributed by atoms with Crippen molar-refractivity contribution < 1.29 is 4.39 Å². The Morgan fingerprint density at radius 2 is 0.504 bits per heavy atom. The lowest BCUT2D eigenvalue weighted by Crippen LogP contribution is -2.17. The van der Waals surface area contributed by atoms with Crippen LogP contribution in [0.5, 0.6) is 0 Å². The number of pyridine rings is 6. The Hall–Kier alpha value is -17.9. The molecule has 686 valence electrons. The summed E-state index contributed by atoms with van der Waals surface area (Å²) in [6, 6.07) is 108.